The summed E-state index contributed by atoms with van der Waals surface area (Å²) in [6, 6.07) is 3.39. The predicted octanol–water partition coefficient (Wildman–Crippen LogP) is 3.50. The van der Waals surface area contributed by atoms with E-state index in [1.165, 1.54) is 12.1 Å². The summed E-state index contributed by atoms with van der Waals surface area (Å²) in [6.45, 7) is 4.50. The zero-order valence-electron chi connectivity index (χ0n) is 13.8. The molecule has 3 rings (SSSR count). The second kappa shape index (κ2) is 7.58. The van der Waals surface area contributed by atoms with Gasteiger partial charge in [-0.1, -0.05) is 17.7 Å². The lowest BCUT2D eigenvalue weighted by atomic mass is 9.96. The number of hydrogen-bond donors (Lipinski definition) is 1. The SMILES string of the molecule is CCOC(=O)C1=C(C)NC(C2=NCCS2)=N[C@H]1c1ccc(F)cc1Cl. The number of benzene rings is 1. The Kier molecular flexibility index (Phi) is 5.44. The average molecular weight is 382 g/mol. The minimum Gasteiger partial charge on any atom is -0.463 e. The van der Waals surface area contributed by atoms with Gasteiger partial charge in [0.15, 0.2) is 5.84 Å². The normalized spacial score (nSPS) is 20.1. The number of halogens is 2. The van der Waals surface area contributed by atoms with Gasteiger partial charge in [0.2, 0.25) is 0 Å². The van der Waals surface area contributed by atoms with Gasteiger partial charge in [-0.05, 0) is 26.0 Å². The van der Waals surface area contributed by atoms with Gasteiger partial charge in [0.25, 0.3) is 0 Å². The largest absolute Gasteiger partial charge is 0.463 e. The Morgan fingerprint density at radius 2 is 2.32 bits per heavy atom. The molecule has 0 unspecified atom stereocenters. The van der Waals surface area contributed by atoms with E-state index in [-0.39, 0.29) is 11.6 Å². The third kappa shape index (κ3) is 3.72. The molecule has 8 heteroatoms. The zero-order chi connectivity index (χ0) is 18.0. The lowest BCUT2D eigenvalue weighted by Gasteiger charge is -2.26. The number of carbonyl (C=O) groups excluding carboxylic acids is 1. The van der Waals surface area contributed by atoms with Crippen LogP contribution in [-0.4, -0.2) is 35.8 Å². The van der Waals surface area contributed by atoms with Gasteiger partial charge in [-0.2, -0.15) is 0 Å². The molecule has 1 atom stereocenters. The molecular formula is C17H17ClFN3O2S. The van der Waals surface area contributed by atoms with Crippen LogP contribution in [0.3, 0.4) is 0 Å². The maximum Gasteiger partial charge on any atom is 0.338 e. The highest BCUT2D eigenvalue weighted by atomic mass is 35.5. The van der Waals surface area contributed by atoms with E-state index in [1.54, 1.807) is 31.7 Å². The highest BCUT2D eigenvalue weighted by Crippen LogP contribution is 2.36. The molecule has 132 valence electrons. The van der Waals surface area contributed by atoms with Crippen molar-refractivity contribution in [2.75, 3.05) is 18.9 Å². The first kappa shape index (κ1) is 17.9. The number of amidine groups is 1. The third-order valence-corrected chi connectivity index (χ3v) is 5.09. The van der Waals surface area contributed by atoms with Crippen LogP contribution in [0.4, 0.5) is 4.39 Å². The van der Waals surface area contributed by atoms with Gasteiger partial charge in [0.05, 0.1) is 12.2 Å². The van der Waals surface area contributed by atoms with E-state index in [9.17, 15) is 9.18 Å². The van der Waals surface area contributed by atoms with Crippen molar-refractivity contribution < 1.29 is 13.9 Å². The van der Waals surface area contributed by atoms with Crippen LogP contribution >= 0.6 is 23.4 Å². The highest BCUT2D eigenvalue weighted by Gasteiger charge is 2.33. The molecule has 0 spiro atoms. The number of hydrogen-bond acceptors (Lipinski definition) is 6. The molecule has 0 saturated carbocycles. The quantitative estimate of drug-likeness (QED) is 0.811. The zero-order valence-corrected chi connectivity index (χ0v) is 15.4. The summed E-state index contributed by atoms with van der Waals surface area (Å²) >= 11 is 7.82. The number of carbonyl (C=O) groups is 1. The number of aliphatic imine (C=N–C) groups is 2. The Morgan fingerprint density at radius 3 is 2.96 bits per heavy atom. The van der Waals surface area contributed by atoms with Crippen LogP contribution in [0.25, 0.3) is 0 Å². The van der Waals surface area contributed by atoms with Crippen LogP contribution in [0.5, 0.6) is 0 Å². The first-order valence-corrected chi connectivity index (χ1v) is 9.23. The van der Waals surface area contributed by atoms with Crippen molar-refractivity contribution in [3.8, 4) is 0 Å². The van der Waals surface area contributed by atoms with Crippen LogP contribution in [-0.2, 0) is 9.53 Å². The number of ether oxygens (including phenoxy) is 1. The first-order chi connectivity index (χ1) is 12.0. The van der Waals surface area contributed by atoms with Crippen LogP contribution in [0.1, 0.15) is 25.5 Å². The Balaban J connectivity index is 2.08. The fourth-order valence-corrected chi connectivity index (χ4v) is 3.75. The Hall–Kier alpha value is -1.86. The van der Waals surface area contributed by atoms with E-state index in [0.717, 1.165) is 17.3 Å². The first-order valence-electron chi connectivity index (χ1n) is 7.86. The maximum absolute atomic E-state index is 13.4. The third-order valence-electron chi connectivity index (χ3n) is 3.78. The van der Waals surface area contributed by atoms with Crippen molar-refractivity contribution in [3.05, 3.63) is 45.9 Å². The number of thioether (sulfide) groups is 1. The van der Waals surface area contributed by atoms with Crippen molar-refractivity contribution in [3.63, 3.8) is 0 Å². The van der Waals surface area contributed by atoms with E-state index in [2.05, 4.69) is 15.3 Å². The van der Waals surface area contributed by atoms with E-state index < -0.39 is 17.8 Å². The van der Waals surface area contributed by atoms with E-state index >= 15 is 0 Å². The molecule has 1 aromatic carbocycles. The minimum absolute atomic E-state index is 0.214. The van der Waals surface area contributed by atoms with Crippen LogP contribution in [0.15, 0.2) is 39.5 Å². The number of nitrogens with one attached hydrogen (secondary N) is 1. The summed E-state index contributed by atoms with van der Waals surface area (Å²) in [5, 5.41) is 4.15. The molecule has 25 heavy (non-hydrogen) atoms. The molecule has 1 aromatic rings. The molecule has 0 fully saturated rings. The smallest absolute Gasteiger partial charge is 0.338 e. The monoisotopic (exact) mass is 381 g/mol. The molecule has 2 aliphatic rings. The van der Waals surface area contributed by atoms with Crippen molar-refractivity contribution in [1.29, 1.82) is 0 Å². The molecule has 5 nitrogen and oxygen atoms in total. The summed E-state index contributed by atoms with van der Waals surface area (Å²) in [7, 11) is 0. The van der Waals surface area contributed by atoms with Crippen LogP contribution in [0, 0.1) is 5.82 Å². The minimum atomic E-state index is -0.674. The van der Waals surface area contributed by atoms with Crippen LogP contribution < -0.4 is 5.32 Å². The molecule has 0 aromatic heterocycles. The molecule has 2 aliphatic heterocycles. The van der Waals surface area contributed by atoms with Gasteiger partial charge in [0.1, 0.15) is 16.9 Å². The van der Waals surface area contributed by atoms with Gasteiger partial charge in [-0.3, -0.25) is 9.98 Å². The fraction of sp³-hybridized carbons (Fsp3) is 0.353. The molecule has 0 bridgehead atoms. The fourth-order valence-electron chi connectivity index (χ4n) is 2.68. The van der Waals surface area contributed by atoms with Gasteiger partial charge in [0, 0.05) is 28.6 Å². The Morgan fingerprint density at radius 1 is 1.52 bits per heavy atom. The van der Waals surface area contributed by atoms with Gasteiger partial charge < -0.3 is 10.1 Å². The summed E-state index contributed by atoms with van der Waals surface area (Å²) in [4.78, 5) is 21.5. The van der Waals surface area contributed by atoms with Crippen molar-refractivity contribution in [2.45, 2.75) is 19.9 Å². The molecule has 0 radical (unpaired) electrons. The molecular weight excluding hydrogens is 365 g/mol. The predicted molar refractivity (Wildman–Crippen MR) is 98.8 cm³/mol. The number of nitrogens with zero attached hydrogens (tertiary/aromatic N) is 2. The second-order valence-electron chi connectivity index (χ2n) is 5.47. The maximum atomic E-state index is 13.4. The summed E-state index contributed by atoms with van der Waals surface area (Å²) < 4.78 is 18.6. The molecule has 1 N–H and O–H groups in total. The molecule has 0 aliphatic carbocycles. The summed E-state index contributed by atoms with van der Waals surface area (Å²) in [6.07, 6.45) is 0. The van der Waals surface area contributed by atoms with E-state index in [4.69, 9.17) is 16.3 Å². The highest BCUT2D eigenvalue weighted by molar-refractivity contribution is 8.16. The van der Waals surface area contributed by atoms with Gasteiger partial charge in [-0.25, -0.2) is 9.18 Å². The van der Waals surface area contributed by atoms with Crippen LogP contribution in [0.2, 0.25) is 5.02 Å². The molecule has 0 amide bonds. The Labute approximate surface area is 154 Å². The lowest BCUT2D eigenvalue weighted by molar-refractivity contribution is -0.138. The van der Waals surface area contributed by atoms with E-state index in [1.807, 2.05) is 0 Å². The molecule has 2 heterocycles. The topological polar surface area (TPSA) is 63.0 Å². The standard InChI is InChI=1S/C17H17ClFN3O2S/c1-3-24-17(23)13-9(2)21-15(16-20-6-7-25-16)22-14(13)11-5-4-10(19)8-12(11)18/h4-5,8,14H,3,6-7H2,1-2H3,(H,21,22)/t14-/m0/s1. The number of rotatable bonds is 4. The average Bonchev–Trinajstić information content (AvgIpc) is 3.08. The number of esters is 1. The van der Waals surface area contributed by atoms with E-state index in [0.29, 0.717) is 22.7 Å². The van der Waals surface area contributed by atoms with Gasteiger partial charge >= 0.3 is 5.97 Å². The summed E-state index contributed by atoms with van der Waals surface area (Å²) in [5.74, 6) is 0.576. The van der Waals surface area contributed by atoms with Crippen molar-refractivity contribution in [2.24, 2.45) is 9.98 Å². The lowest BCUT2D eigenvalue weighted by Crippen LogP contribution is -2.35. The van der Waals surface area contributed by atoms with Crippen molar-refractivity contribution in [1.82, 2.24) is 5.32 Å². The van der Waals surface area contributed by atoms with Crippen molar-refractivity contribution >= 4 is 40.2 Å². The Bertz CT molecular complexity index is 807. The van der Waals surface area contributed by atoms with Gasteiger partial charge in [-0.15, -0.1) is 11.8 Å². The molecule has 0 saturated heterocycles. The number of allylic oxidation sites excluding steroid dienone is 1. The second-order valence-corrected chi connectivity index (χ2v) is 6.96. The summed E-state index contributed by atoms with van der Waals surface area (Å²) in [5.41, 5.74) is 1.54.